The zero-order valence-corrected chi connectivity index (χ0v) is 21.5. The number of rotatable bonds is 8. The lowest BCUT2D eigenvalue weighted by Gasteiger charge is -2.37. The standard InChI is InChI=1S/C26H28F4N5O2S/c1-38(36,34-20-8-9-20)21-10-2-17(3-11-21)14-31-24-23(27)25(33-16-32-24)35-12-13-37-15-22(35)18-4-6-19(7-5-18)26(28,29)30/h2-7,10-11,16,20,22H,8-9,12-15H2,1H3,(H,34,36)(H,31,32,33)/q+1. The normalized spacial score (nSPS) is 19.7. The van der Waals surface area contributed by atoms with Gasteiger partial charge in [0.2, 0.25) is 5.82 Å². The molecule has 0 amide bonds. The van der Waals surface area contributed by atoms with Crippen LogP contribution in [-0.4, -0.2) is 42.0 Å². The molecule has 2 unspecified atom stereocenters. The Morgan fingerprint density at radius 3 is 2.45 bits per heavy atom. The molecular weight excluding hydrogens is 522 g/mol. The summed E-state index contributed by atoms with van der Waals surface area (Å²) >= 11 is 0. The second-order valence-electron chi connectivity index (χ2n) is 9.50. The van der Waals surface area contributed by atoms with Gasteiger partial charge in [-0.15, -0.1) is 4.72 Å². The van der Waals surface area contributed by atoms with Gasteiger partial charge in [0.25, 0.3) is 0 Å². The number of nitrogens with zero attached hydrogens (tertiary/aromatic N) is 3. The topological polar surface area (TPSA) is 79.4 Å². The van der Waals surface area contributed by atoms with Crippen molar-refractivity contribution in [2.75, 3.05) is 36.2 Å². The fraction of sp³-hybridized carbons (Fsp3) is 0.385. The lowest BCUT2D eigenvalue weighted by atomic mass is 10.0. The Labute approximate surface area is 219 Å². The zero-order valence-electron chi connectivity index (χ0n) is 20.7. The molecule has 12 heteroatoms. The van der Waals surface area contributed by atoms with Crippen molar-refractivity contribution in [1.82, 2.24) is 14.7 Å². The SMILES string of the molecule is C[S+](=O)(NC1CC1)c1ccc(CNc2ncnc(N3CCOCC3c3ccc(C(F)(F)F)cc3)c2F)cc1. The Morgan fingerprint density at radius 2 is 1.79 bits per heavy atom. The maximum Gasteiger partial charge on any atom is 0.416 e. The Hall–Kier alpha value is -3.09. The first kappa shape index (κ1) is 26.5. The molecule has 1 aliphatic heterocycles. The maximum atomic E-state index is 15.6. The molecule has 0 bridgehead atoms. The Balaban J connectivity index is 1.30. The number of aromatic nitrogens is 2. The molecule has 2 aliphatic rings. The van der Waals surface area contributed by atoms with Gasteiger partial charge in [0, 0.05) is 13.1 Å². The molecule has 2 fully saturated rings. The van der Waals surface area contributed by atoms with Crippen molar-refractivity contribution in [3.8, 4) is 0 Å². The van der Waals surface area contributed by atoms with Gasteiger partial charge in [0.15, 0.2) is 26.6 Å². The predicted octanol–water partition coefficient (Wildman–Crippen LogP) is 4.98. The van der Waals surface area contributed by atoms with E-state index in [9.17, 15) is 17.4 Å². The van der Waals surface area contributed by atoms with E-state index < -0.39 is 33.7 Å². The summed E-state index contributed by atoms with van der Waals surface area (Å²) < 4.78 is 76.1. The highest BCUT2D eigenvalue weighted by Gasteiger charge is 2.35. The van der Waals surface area contributed by atoms with Crippen molar-refractivity contribution >= 4 is 21.8 Å². The van der Waals surface area contributed by atoms with Crippen LogP contribution in [0.2, 0.25) is 0 Å². The number of hydrogen-bond acceptors (Lipinski definition) is 6. The van der Waals surface area contributed by atoms with E-state index in [0.717, 1.165) is 30.5 Å². The van der Waals surface area contributed by atoms with Crippen LogP contribution in [0.5, 0.6) is 0 Å². The first-order valence-corrected chi connectivity index (χ1v) is 14.2. The molecule has 38 heavy (non-hydrogen) atoms. The number of hydrogen-bond donors (Lipinski definition) is 2. The molecule has 0 radical (unpaired) electrons. The number of morpholine rings is 1. The van der Waals surface area contributed by atoms with Crippen LogP contribution in [0.4, 0.5) is 29.2 Å². The summed E-state index contributed by atoms with van der Waals surface area (Å²) in [4.78, 5) is 10.6. The van der Waals surface area contributed by atoms with Crippen LogP contribution in [0.15, 0.2) is 59.8 Å². The average molecular weight is 551 g/mol. The molecule has 1 saturated heterocycles. The fourth-order valence-electron chi connectivity index (χ4n) is 4.35. The van der Waals surface area contributed by atoms with Crippen LogP contribution in [0.3, 0.4) is 0 Å². The molecule has 2 N–H and O–H groups in total. The molecule has 0 spiro atoms. The first-order valence-electron chi connectivity index (χ1n) is 12.2. The number of alkyl halides is 3. The van der Waals surface area contributed by atoms with Gasteiger partial charge in [-0.05, 0) is 48.2 Å². The van der Waals surface area contributed by atoms with Crippen molar-refractivity contribution < 1.29 is 26.5 Å². The van der Waals surface area contributed by atoms with Crippen molar-refractivity contribution in [2.45, 2.75) is 42.5 Å². The van der Waals surface area contributed by atoms with E-state index in [1.807, 2.05) is 12.1 Å². The smallest absolute Gasteiger partial charge is 0.377 e. The van der Waals surface area contributed by atoms with Gasteiger partial charge in [-0.25, -0.2) is 9.97 Å². The van der Waals surface area contributed by atoms with E-state index in [0.29, 0.717) is 29.7 Å². The molecule has 3 aromatic rings. The number of halogens is 4. The van der Waals surface area contributed by atoms with Crippen LogP contribution in [0.1, 0.15) is 35.6 Å². The van der Waals surface area contributed by atoms with E-state index in [1.165, 1.54) is 18.5 Å². The second-order valence-corrected chi connectivity index (χ2v) is 11.9. The summed E-state index contributed by atoms with van der Waals surface area (Å²) in [5, 5.41) is 2.99. The number of nitrogens with one attached hydrogen (secondary N) is 2. The van der Waals surface area contributed by atoms with Crippen LogP contribution < -0.4 is 14.9 Å². The Kier molecular flexibility index (Phi) is 7.38. The molecular formula is C26H28F4N5O2S+. The highest BCUT2D eigenvalue weighted by atomic mass is 32.3. The third-order valence-electron chi connectivity index (χ3n) is 6.60. The predicted molar refractivity (Wildman–Crippen MR) is 137 cm³/mol. The summed E-state index contributed by atoms with van der Waals surface area (Å²) in [6, 6.07) is 11.9. The molecule has 1 aliphatic carbocycles. The minimum Gasteiger partial charge on any atom is -0.377 e. The van der Waals surface area contributed by atoms with Gasteiger partial charge >= 0.3 is 6.18 Å². The lowest BCUT2D eigenvalue weighted by molar-refractivity contribution is -0.137. The Bertz CT molecular complexity index is 1320. The highest BCUT2D eigenvalue weighted by Crippen LogP contribution is 2.34. The van der Waals surface area contributed by atoms with Crippen LogP contribution in [-0.2, 0) is 31.8 Å². The van der Waals surface area contributed by atoms with Gasteiger partial charge in [-0.3, -0.25) is 0 Å². The largest absolute Gasteiger partial charge is 0.416 e. The van der Waals surface area contributed by atoms with E-state index in [-0.39, 0.29) is 24.8 Å². The minimum absolute atomic E-state index is 0.00595. The molecule has 1 saturated carbocycles. The van der Waals surface area contributed by atoms with Gasteiger partial charge in [-0.2, -0.15) is 17.6 Å². The van der Waals surface area contributed by atoms with Gasteiger partial charge in [0.05, 0.1) is 30.9 Å². The summed E-state index contributed by atoms with van der Waals surface area (Å²) in [7, 11) is -2.32. The van der Waals surface area contributed by atoms with Crippen LogP contribution in [0.25, 0.3) is 0 Å². The maximum absolute atomic E-state index is 15.6. The van der Waals surface area contributed by atoms with Crippen molar-refractivity contribution in [2.24, 2.45) is 0 Å². The van der Waals surface area contributed by atoms with Crippen LogP contribution in [0, 0.1) is 5.82 Å². The lowest BCUT2D eigenvalue weighted by Crippen LogP contribution is -2.40. The van der Waals surface area contributed by atoms with Gasteiger partial charge < -0.3 is 15.0 Å². The summed E-state index contributed by atoms with van der Waals surface area (Å²) in [6.45, 7) is 1.10. The summed E-state index contributed by atoms with van der Waals surface area (Å²) in [5.41, 5.74) is 0.663. The molecule has 2 aromatic carbocycles. The fourth-order valence-corrected chi connectivity index (χ4v) is 6.01. The van der Waals surface area contributed by atoms with E-state index in [2.05, 4.69) is 20.0 Å². The molecule has 2 atom stereocenters. The van der Waals surface area contributed by atoms with E-state index in [1.54, 1.807) is 23.3 Å². The number of ether oxygens (including phenoxy) is 1. The third kappa shape index (κ3) is 5.97. The van der Waals surface area contributed by atoms with E-state index >= 15 is 4.39 Å². The quantitative estimate of drug-likeness (QED) is 0.304. The summed E-state index contributed by atoms with van der Waals surface area (Å²) in [5.74, 6) is -0.609. The first-order chi connectivity index (χ1) is 18.1. The van der Waals surface area contributed by atoms with E-state index in [4.69, 9.17) is 4.74 Å². The monoisotopic (exact) mass is 550 g/mol. The Morgan fingerprint density at radius 1 is 1.08 bits per heavy atom. The molecule has 2 heterocycles. The molecule has 202 valence electrons. The van der Waals surface area contributed by atoms with Gasteiger partial charge in [0.1, 0.15) is 12.6 Å². The minimum atomic E-state index is -4.44. The van der Waals surface area contributed by atoms with Crippen molar-refractivity contribution in [3.63, 3.8) is 0 Å². The van der Waals surface area contributed by atoms with Crippen molar-refractivity contribution in [3.05, 3.63) is 77.4 Å². The summed E-state index contributed by atoms with van der Waals surface area (Å²) in [6.07, 6.45) is 0.576. The third-order valence-corrected chi connectivity index (χ3v) is 8.55. The van der Waals surface area contributed by atoms with Crippen molar-refractivity contribution in [1.29, 1.82) is 0 Å². The van der Waals surface area contributed by atoms with Gasteiger partial charge in [-0.1, -0.05) is 28.5 Å². The molecule has 5 rings (SSSR count). The highest BCUT2D eigenvalue weighted by molar-refractivity contribution is 8.00. The average Bonchev–Trinajstić information content (AvgIpc) is 3.71. The molecule has 1 aromatic heterocycles. The second kappa shape index (κ2) is 10.6. The molecule has 7 nitrogen and oxygen atoms in total. The zero-order chi connectivity index (χ0) is 26.9. The van der Waals surface area contributed by atoms with Crippen LogP contribution >= 0.6 is 0 Å². The number of benzene rings is 2. The number of anilines is 2.